The monoisotopic (exact) mass is 356 g/mol. The normalized spacial score (nSPS) is 11.3. The van der Waals surface area contributed by atoms with Gasteiger partial charge >= 0.3 is 5.97 Å². The first-order chi connectivity index (χ1) is 12.3. The van der Waals surface area contributed by atoms with Crippen molar-refractivity contribution in [1.82, 2.24) is 0 Å². The molecule has 0 saturated carbocycles. The minimum absolute atomic E-state index is 0.00399. The van der Waals surface area contributed by atoms with Crippen molar-refractivity contribution in [3.05, 3.63) is 53.6 Å². The fourth-order valence-corrected chi connectivity index (χ4v) is 2.17. The SMILES string of the molecule is CC(=O)Nc1ccc(NC(=O)[C@@H](C)OC(=O)c2cc(C)ccc2O)cc1. The van der Waals surface area contributed by atoms with E-state index in [9.17, 15) is 19.5 Å². The van der Waals surface area contributed by atoms with E-state index in [1.807, 2.05) is 0 Å². The Bertz CT molecular complexity index is 830. The van der Waals surface area contributed by atoms with Crippen molar-refractivity contribution in [3.8, 4) is 5.75 Å². The zero-order valence-electron chi connectivity index (χ0n) is 14.7. The maximum Gasteiger partial charge on any atom is 0.342 e. The van der Waals surface area contributed by atoms with Gasteiger partial charge in [0.15, 0.2) is 6.10 Å². The fraction of sp³-hybridized carbons (Fsp3) is 0.211. The van der Waals surface area contributed by atoms with Crippen LogP contribution in [0.25, 0.3) is 0 Å². The van der Waals surface area contributed by atoms with Crippen LogP contribution in [0.5, 0.6) is 5.75 Å². The Labute approximate surface area is 151 Å². The molecule has 0 radical (unpaired) electrons. The highest BCUT2D eigenvalue weighted by atomic mass is 16.5. The summed E-state index contributed by atoms with van der Waals surface area (Å²) in [7, 11) is 0. The number of rotatable bonds is 5. The average Bonchev–Trinajstić information content (AvgIpc) is 2.58. The highest BCUT2D eigenvalue weighted by molar-refractivity contribution is 5.98. The van der Waals surface area contributed by atoms with Crippen LogP contribution < -0.4 is 10.6 Å². The second kappa shape index (κ2) is 8.15. The summed E-state index contributed by atoms with van der Waals surface area (Å²) in [6.45, 7) is 4.61. The molecule has 7 nitrogen and oxygen atoms in total. The molecule has 2 rings (SSSR count). The molecule has 1 atom stereocenters. The van der Waals surface area contributed by atoms with Gasteiger partial charge in [-0.1, -0.05) is 11.6 Å². The van der Waals surface area contributed by atoms with Gasteiger partial charge in [-0.15, -0.1) is 0 Å². The van der Waals surface area contributed by atoms with Crippen molar-refractivity contribution >= 4 is 29.2 Å². The van der Waals surface area contributed by atoms with Gasteiger partial charge in [-0.3, -0.25) is 9.59 Å². The van der Waals surface area contributed by atoms with Gasteiger partial charge < -0.3 is 20.5 Å². The summed E-state index contributed by atoms with van der Waals surface area (Å²) in [6.07, 6.45) is -1.06. The van der Waals surface area contributed by atoms with Crippen LogP contribution in [0.4, 0.5) is 11.4 Å². The lowest BCUT2D eigenvalue weighted by molar-refractivity contribution is -0.123. The molecule has 3 N–H and O–H groups in total. The van der Waals surface area contributed by atoms with E-state index in [1.165, 1.54) is 26.0 Å². The van der Waals surface area contributed by atoms with Crippen molar-refractivity contribution in [2.24, 2.45) is 0 Å². The molecule has 26 heavy (non-hydrogen) atoms. The number of anilines is 2. The lowest BCUT2D eigenvalue weighted by Crippen LogP contribution is -2.30. The van der Waals surface area contributed by atoms with E-state index in [-0.39, 0.29) is 17.2 Å². The molecule has 2 amide bonds. The zero-order chi connectivity index (χ0) is 19.3. The number of phenols is 1. The van der Waals surface area contributed by atoms with E-state index in [0.717, 1.165) is 5.56 Å². The zero-order valence-corrected chi connectivity index (χ0v) is 14.7. The van der Waals surface area contributed by atoms with Gasteiger partial charge in [0, 0.05) is 18.3 Å². The van der Waals surface area contributed by atoms with Crippen LogP contribution in [0.15, 0.2) is 42.5 Å². The molecule has 0 aliphatic heterocycles. The minimum atomic E-state index is -1.06. The summed E-state index contributed by atoms with van der Waals surface area (Å²) < 4.78 is 5.11. The van der Waals surface area contributed by atoms with Crippen molar-refractivity contribution in [3.63, 3.8) is 0 Å². The smallest absolute Gasteiger partial charge is 0.342 e. The molecule has 0 spiro atoms. The molecule has 0 fully saturated rings. The third-order valence-electron chi connectivity index (χ3n) is 3.50. The Morgan fingerprint density at radius 3 is 2.15 bits per heavy atom. The number of carbonyl (C=O) groups is 3. The molecule has 2 aromatic carbocycles. The number of hydrogen-bond donors (Lipinski definition) is 3. The van der Waals surface area contributed by atoms with Crippen LogP contribution in [0.2, 0.25) is 0 Å². The molecule has 2 aromatic rings. The molecule has 0 bridgehead atoms. The van der Waals surface area contributed by atoms with E-state index >= 15 is 0 Å². The summed E-state index contributed by atoms with van der Waals surface area (Å²) in [4.78, 5) is 35.3. The third-order valence-corrected chi connectivity index (χ3v) is 3.50. The number of hydrogen-bond acceptors (Lipinski definition) is 5. The van der Waals surface area contributed by atoms with Crippen LogP contribution in [0.1, 0.15) is 29.8 Å². The number of phenolic OH excluding ortho intramolecular Hbond substituents is 1. The summed E-state index contributed by atoms with van der Waals surface area (Å²) in [5.74, 6) is -1.70. The number of aryl methyl sites for hydroxylation is 1. The maximum absolute atomic E-state index is 12.2. The molecule has 0 saturated heterocycles. The largest absolute Gasteiger partial charge is 0.507 e. The standard InChI is InChI=1S/C19H20N2O5/c1-11-4-9-17(23)16(10-11)19(25)26-12(2)18(24)21-15-7-5-14(6-8-15)20-13(3)22/h4-10,12,23H,1-3H3,(H,20,22)(H,21,24)/t12-/m1/s1. The Hall–Kier alpha value is -3.35. The van der Waals surface area contributed by atoms with Crippen LogP contribution >= 0.6 is 0 Å². The van der Waals surface area contributed by atoms with Gasteiger partial charge in [0.25, 0.3) is 5.91 Å². The second-order valence-corrected chi connectivity index (χ2v) is 5.82. The Morgan fingerprint density at radius 1 is 1.00 bits per heavy atom. The molecule has 136 valence electrons. The van der Waals surface area contributed by atoms with Crippen LogP contribution in [-0.2, 0) is 14.3 Å². The van der Waals surface area contributed by atoms with Crippen molar-refractivity contribution in [2.75, 3.05) is 10.6 Å². The number of nitrogens with one attached hydrogen (secondary N) is 2. The van der Waals surface area contributed by atoms with Crippen LogP contribution in [-0.4, -0.2) is 29.0 Å². The third kappa shape index (κ3) is 5.07. The maximum atomic E-state index is 12.2. The van der Waals surface area contributed by atoms with Crippen LogP contribution in [0.3, 0.4) is 0 Å². The van der Waals surface area contributed by atoms with Gasteiger partial charge in [0.2, 0.25) is 5.91 Å². The molecular formula is C19H20N2O5. The quantitative estimate of drug-likeness (QED) is 0.715. The lowest BCUT2D eigenvalue weighted by atomic mass is 10.1. The highest BCUT2D eigenvalue weighted by Gasteiger charge is 2.21. The first-order valence-electron chi connectivity index (χ1n) is 7.95. The van der Waals surface area contributed by atoms with Gasteiger partial charge in [0.05, 0.1) is 0 Å². The van der Waals surface area contributed by atoms with E-state index in [4.69, 9.17) is 4.74 Å². The number of carbonyl (C=O) groups excluding carboxylic acids is 3. The highest BCUT2D eigenvalue weighted by Crippen LogP contribution is 2.20. The van der Waals surface area contributed by atoms with Crippen molar-refractivity contribution in [1.29, 1.82) is 0 Å². The van der Waals surface area contributed by atoms with Crippen molar-refractivity contribution < 1.29 is 24.2 Å². The molecule has 0 unspecified atom stereocenters. The number of aromatic hydroxyl groups is 1. The topological polar surface area (TPSA) is 105 Å². The summed E-state index contributed by atoms with van der Waals surface area (Å²) in [5.41, 5.74) is 1.88. The summed E-state index contributed by atoms with van der Waals surface area (Å²) in [6, 6.07) is 11.0. The second-order valence-electron chi connectivity index (χ2n) is 5.82. The first-order valence-corrected chi connectivity index (χ1v) is 7.95. The molecule has 0 heterocycles. The van der Waals surface area contributed by atoms with E-state index in [0.29, 0.717) is 11.4 Å². The van der Waals surface area contributed by atoms with Gasteiger partial charge in [-0.05, 0) is 50.2 Å². The molecule has 0 aliphatic rings. The summed E-state index contributed by atoms with van der Waals surface area (Å²) >= 11 is 0. The number of benzene rings is 2. The van der Waals surface area contributed by atoms with E-state index < -0.39 is 18.0 Å². The Balaban J connectivity index is 1.97. The van der Waals surface area contributed by atoms with Crippen molar-refractivity contribution in [2.45, 2.75) is 26.9 Å². The Kier molecular flexibility index (Phi) is 5.95. The first kappa shape index (κ1) is 19.0. The van der Waals surface area contributed by atoms with E-state index in [1.54, 1.807) is 37.3 Å². The molecular weight excluding hydrogens is 336 g/mol. The minimum Gasteiger partial charge on any atom is -0.507 e. The molecule has 0 aliphatic carbocycles. The number of amides is 2. The van der Waals surface area contributed by atoms with Gasteiger partial charge in [-0.25, -0.2) is 4.79 Å². The molecule has 0 aromatic heterocycles. The predicted molar refractivity (Wildman–Crippen MR) is 97.1 cm³/mol. The number of esters is 1. The number of ether oxygens (including phenoxy) is 1. The summed E-state index contributed by atoms with van der Waals surface area (Å²) in [5, 5.41) is 15.0. The average molecular weight is 356 g/mol. The van der Waals surface area contributed by atoms with Gasteiger partial charge in [0.1, 0.15) is 11.3 Å². The van der Waals surface area contributed by atoms with E-state index in [2.05, 4.69) is 10.6 Å². The molecule has 7 heteroatoms. The fourth-order valence-electron chi connectivity index (χ4n) is 2.17. The lowest BCUT2D eigenvalue weighted by Gasteiger charge is -2.14. The van der Waals surface area contributed by atoms with Crippen LogP contribution in [0, 0.1) is 6.92 Å². The Morgan fingerprint density at radius 2 is 1.58 bits per heavy atom. The predicted octanol–water partition coefficient (Wildman–Crippen LogP) is 2.84. The van der Waals surface area contributed by atoms with Gasteiger partial charge in [-0.2, -0.15) is 0 Å².